The van der Waals surface area contributed by atoms with Crippen molar-refractivity contribution in [3.8, 4) is 11.5 Å². The predicted octanol–water partition coefficient (Wildman–Crippen LogP) is 4.46. The van der Waals surface area contributed by atoms with Crippen LogP contribution in [0.4, 0.5) is 0 Å². The first-order chi connectivity index (χ1) is 21.9. The standard InChI is InChI=1S/C36H45NO9/c1-23-7-9-24(10-8-23)21-43-30(38)20-36(41,14-5-12-34(2,3)40)33(39)46-32-29(42-4)19-35-13-6-15-37(35)16-11-25-17-27-28(45-22-44-27)18-26(25)31(32)35/h7-10,17-19,31-32,40-41H,5-6,11-16,20-22H2,1-4H3/t31-,32?,35+,36?/m1/s1. The minimum atomic E-state index is -2.18. The van der Waals surface area contributed by atoms with Gasteiger partial charge in [-0.1, -0.05) is 29.8 Å². The molecule has 1 aliphatic carbocycles. The number of benzene rings is 2. The first-order valence-electron chi connectivity index (χ1n) is 16.2. The third kappa shape index (κ3) is 6.35. The number of esters is 2. The molecule has 4 atom stereocenters. The number of hydrogen-bond donors (Lipinski definition) is 2. The average molecular weight is 636 g/mol. The van der Waals surface area contributed by atoms with E-state index in [0.29, 0.717) is 23.7 Å². The Hall–Kier alpha value is -3.60. The maximum Gasteiger partial charge on any atom is 0.339 e. The van der Waals surface area contributed by atoms with Crippen LogP contribution in [0.1, 0.15) is 80.5 Å². The van der Waals surface area contributed by atoms with Gasteiger partial charge in [0.1, 0.15) is 12.4 Å². The molecule has 6 rings (SSSR count). The Kier molecular flexibility index (Phi) is 8.82. The van der Waals surface area contributed by atoms with E-state index in [1.807, 2.05) is 43.3 Å². The second-order valence-electron chi connectivity index (χ2n) is 13.8. The lowest BCUT2D eigenvalue weighted by Gasteiger charge is -2.39. The van der Waals surface area contributed by atoms with E-state index in [0.717, 1.165) is 54.6 Å². The zero-order chi connectivity index (χ0) is 32.7. The molecule has 10 heteroatoms. The molecule has 2 aromatic carbocycles. The van der Waals surface area contributed by atoms with Crippen LogP contribution in [0.25, 0.3) is 0 Å². The highest BCUT2D eigenvalue weighted by molar-refractivity contribution is 5.86. The molecule has 0 saturated carbocycles. The molecule has 0 amide bonds. The van der Waals surface area contributed by atoms with E-state index < -0.39 is 41.2 Å². The van der Waals surface area contributed by atoms with Crippen molar-refractivity contribution in [2.75, 3.05) is 27.0 Å². The minimum Gasteiger partial charge on any atom is -0.497 e. The lowest BCUT2D eigenvalue weighted by atomic mass is 9.77. The summed E-state index contributed by atoms with van der Waals surface area (Å²) in [6.45, 7) is 7.19. The van der Waals surface area contributed by atoms with Crippen molar-refractivity contribution in [3.05, 3.63) is 70.5 Å². The lowest BCUT2D eigenvalue weighted by Crippen LogP contribution is -2.49. The van der Waals surface area contributed by atoms with E-state index in [9.17, 15) is 19.8 Å². The number of carbonyl (C=O) groups is 2. The van der Waals surface area contributed by atoms with Gasteiger partial charge >= 0.3 is 11.9 Å². The van der Waals surface area contributed by atoms with Crippen LogP contribution >= 0.6 is 0 Å². The van der Waals surface area contributed by atoms with E-state index in [1.54, 1.807) is 21.0 Å². The summed E-state index contributed by atoms with van der Waals surface area (Å²) in [5.74, 6) is -0.103. The number of ether oxygens (including phenoxy) is 5. The number of nitrogens with zero attached hydrogens (tertiary/aromatic N) is 1. The van der Waals surface area contributed by atoms with Crippen molar-refractivity contribution < 1.29 is 43.5 Å². The Balaban J connectivity index is 1.28. The molecule has 1 saturated heterocycles. The number of aliphatic hydroxyl groups is 2. The Bertz CT molecular complexity index is 1500. The first kappa shape index (κ1) is 32.3. The van der Waals surface area contributed by atoms with Crippen LogP contribution in [0.3, 0.4) is 0 Å². The second-order valence-corrected chi connectivity index (χ2v) is 13.8. The molecule has 0 radical (unpaired) electrons. The molecule has 248 valence electrons. The van der Waals surface area contributed by atoms with Crippen molar-refractivity contribution in [2.45, 2.75) is 101 Å². The Morgan fingerprint density at radius 1 is 1.07 bits per heavy atom. The molecule has 3 heterocycles. The molecule has 2 N–H and O–H groups in total. The van der Waals surface area contributed by atoms with E-state index in [-0.39, 0.29) is 32.2 Å². The molecule has 1 fully saturated rings. The lowest BCUT2D eigenvalue weighted by molar-refractivity contribution is -0.179. The Morgan fingerprint density at radius 2 is 1.80 bits per heavy atom. The van der Waals surface area contributed by atoms with Gasteiger partial charge < -0.3 is 33.9 Å². The van der Waals surface area contributed by atoms with Gasteiger partial charge in [0.05, 0.1) is 30.6 Å². The van der Waals surface area contributed by atoms with Crippen LogP contribution in [0.15, 0.2) is 48.2 Å². The molecule has 2 unspecified atom stereocenters. The van der Waals surface area contributed by atoms with Gasteiger partial charge in [-0.2, -0.15) is 0 Å². The normalized spacial score (nSPS) is 24.6. The highest BCUT2D eigenvalue weighted by atomic mass is 16.7. The molecule has 0 aromatic heterocycles. The summed E-state index contributed by atoms with van der Waals surface area (Å²) in [7, 11) is 1.56. The highest BCUT2D eigenvalue weighted by Gasteiger charge is 2.59. The van der Waals surface area contributed by atoms with Crippen LogP contribution in [0.5, 0.6) is 11.5 Å². The van der Waals surface area contributed by atoms with Crippen molar-refractivity contribution in [1.29, 1.82) is 0 Å². The van der Waals surface area contributed by atoms with Crippen molar-refractivity contribution in [2.24, 2.45) is 0 Å². The predicted molar refractivity (Wildman–Crippen MR) is 168 cm³/mol. The maximum atomic E-state index is 14.2. The maximum absolute atomic E-state index is 14.2. The van der Waals surface area contributed by atoms with Crippen molar-refractivity contribution >= 4 is 11.9 Å². The van der Waals surface area contributed by atoms with Gasteiger partial charge in [-0.05, 0) is 101 Å². The number of hydrogen-bond acceptors (Lipinski definition) is 10. The average Bonchev–Trinajstić information content (AvgIpc) is 3.69. The molecule has 3 aliphatic heterocycles. The number of aryl methyl sites for hydroxylation is 1. The van der Waals surface area contributed by atoms with Gasteiger partial charge in [-0.3, -0.25) is 9.69 Å². The van der Waals surface area contributed by atoms with Crippen LogP contribution in [-0.2, 0) is 36.8 Å². The summed E-state index contributed by atoms with van der Waals surface area (Å²) in [6.07, 6.45) is 3.80. The molecule has 2 aromatic rings. The summed E-state index contributed by atoms with van der Waals surface area (Å²) < 4.78 is 29.1. The minimum absolute atomic E-state index is 0.0143. The summed E-state index contributed by atoms with van der Waals surface area (Å²) in [4.78, 5) is 29.7. The fourth-order valence-electron chi connectivity index (χ4n) is 7.53. The molecule has 1 spiro atoms. The first-order valence-corrected chi connectivity index (χ1v) is 16.2. The van der Waals surface area contributed by atoms with Crippen LogP contribution in [0.2, 0.25) is 0 Å². The van der Waals surface area contributed by atoms with Gasteiger partial charge in [0.15, 0.2) is 23.2 Å². The Labute approximate surface area is 270 Å². The Morgan fingerprint density at radius 3 is 2.52 bits per heavy atom. The van der Waals surface area contributed by atoms with E-state index in [4.69, 9.17) is 23.7 Å². The summed E-state index contributed by atoms with van der Waals surface area (Å²) in [5, 5.41) is 22.2. The van der Waals surface area contributed by atoms with E-state index in [2.05, 4.69) is 11.0 Å². The van der Waals surface area contributed by atoms with Gasteiger partial charge in [0.2, 0.25) is 6.79 Å². The molecule has 10 nitrogen and oxygen atoms in total. The van der Waals surface area contributed by atoms with Crippen LogP contribution in [0, 0.1) is 6.92 Å². The van der Waals surface area contributed by atoms with Gasteiger partial charge in [0.25, 0.3) is 0 Å². The molecular formula is C36H45NO9. The van der Waals surface area contributed by atoms with E-state index in [1.165, 1.54) is 0 Å². The largest absolute Gasteiger partial charge is 0.497 e. The van der Waals surface area contributed by atoms with Crippen LogP contribution in [-0.4, -0.2) is 76.9 Å². The van der Waals surface area contributed by atoms with Crippen molar-refractivity contribution in [1.82, 2.24) is 4.90 Å². The molecular weight excluding hydrogens is 590 g/mol. The van der Waals surface area contributed by atoms with E-state index >= 15 is 0 Å². The number of methoxy groups -OCH3 is 1. The number of carbonyl (C=O) groups excluding carboxylic acids is 2. The smallest absolute Gasteiger partial charge is 0.339 e. The third-order valence-corrected chi connectivity index (χ3v) is 9.91. The van der Waals surface area contributed by atoms with Crippen LogP contribution < -0.4 is 9.47 Å². The zero-order valence-corrected chi connectivity index (χ0v) is 27.2. The SMILES string of the molecule is COC1=C[C@]23CCCN2CCc2cc4c(cc2[C@@H]3C1OC(=O)C(O)(CCCC(C)(C)O)CC(=O)OCc1ccc(C)cc1)OCO4. The molecule has 0 bridgehead atoms. The van der Waals surface area contributed by atoms with Gasteiger partial charge in [-0.15, -0.1) is 0 Å². The topological polar surface area (TPSA) is 124 Å². The number of rotatable bonds is 11. The summed E-state index contributed by atoms with van der Waals surface area (Å²) in [5.41, 5.74) is 0.339. The summed E-state index contributed by atoms with van der Waals surface area (Å²) in [6, 6.07) is 11.6. The van der Waals surface area contributed by atoms with Gasteiger partial charge in [0, 0.05) is 6.54 Å². The molecule has 46 heavy (non-hydrogen) atoms. The quantitative estimate of drug-likeness (QED) is 0.342. The fraction of sp³-hybridized carbons (Fsp3) is 0.556. The van der Waals surface area contributed by atoms with Crippen molar-refractivity contribution in [3.63, 3.8) is 0 Å². The fourth-order valence-corrected chi connectivity index (χ4v) is 7.53. The number of fused-ring (bicyclic) bond motifs is 3. The molecule has 4 aliphatic rings. The zero-order valence-electron chi connectivity index (χ0n) is 27.2. The monoisotopic (exact) mass is 635 g/mol. The second kappa shape index (κ2) is 12.5. The summed E-state index contributed by atoms with van der Waals surface area (Å²) >= 11 is 0. The third-order valence-electron chi connectivity index (χ3n) is 9.91. The highest BCUT2D eigenvalue weighted by Crippen LogP contribution is 2.55. The van der Waals surface area contributed by atoms with Gasteiger partial charge in [-0.25, -0.2) is 4.79 Å².